The number of carboxylic acids is 1. The van der Waals surface area contributed by atoms with E-state index >= 15 is 0 Å². The van der Waals surface area contributed by atoms with Crippen LogP contribution in [0, 0.1) is 6.92 Å². The Morgan fingerprint density at radius 1 is 1.44 bits per heavy atom. The van der Waals surface area contributed by atoms with Crippen molar-refractivity contribution >= 4 is 21.9 Å². The van der Waals surface area contributed by atoms with E-state index in [2.05, 4.69) is 15.9 Å². The lowest BCUT2D eigenvalue weighted by Gasteiger charge is -2.25. The van der Waals surface area contributed by atoms with Gasteiger partial charge in [0.1, 0.15) is 5.75 Å². The Hall–Kier alpha value is -1.03. The standard InChI is InChI=1S/C12H15BrO3/c1-7-4-10(14)9(13)5-8(7)12(2,3)6-11(15)16/h4-5,14H,6H2,1-3H3,(H,15,16). The number of aryl methyl sites for hydroxylation is 1. The van der Waals surface area contributed by atoms with Crippen LogP contribution in [-0.4, -0.2) is 16.2 Å². The Balaban J connectivity index is 3.22. The predicted molar refractivity (Wildman–Crippen MR) is 65.8 cm³/mol. The molecular formula is C12H15BrO3. The van der Waals surface area contributed by atoms with Crippen LogP contribution >= 0.6 is 15.9 Å². The summed E-state index contributed by atoms with van der Waals surface area (Å²) < 4.78 is 0.589. The van der Waals surface area contributed by atoms with Gasteiger partial charge in [-0.1, -0.05) is 13.8 Å². The third-order valence-corrected chi connectivity index (χ3v) is 3.25. The van der Waals surface area contributed by atoms with Gasteiger partial charge in [-0.15, -0.1) is 0 Å². The van der Waals surface area contributed by atoms with Gasteiger partial charge in [0.15, 0.2) is 0 Å². The first kappa shape index (κ1) is 13.0. The second-order valence-electron chi connectivity index (χ2n) is 4.57. The number of hydrogen-bond acceptors (Lipinski definition) is 2. The maximum atomic E-state index is 10.8. The molecule has 0 bridgehead atoms. The number of aromatic hydroxyl groups is 1. The summed E-state index contributed by atoms with van der Waals surface area (Å²) in [5.74, 6) is -0.652. The van der Waals surface area contributed by atoms with Crippen molar-refractivity contribution in [2.45, 2.75) is 32.6 Å². The van der Waals surface area contributed by atoms with Crippen LogP contribution in [0.5, 0.6) is 5.75 Å². The Bertz CT molecular complexity index is 425. The molecule has 0 amide bonds. The van der Waals surface area contributed by atoms with E-state index in [1.807, 2.05) is 20.8 Å². The van der Waals surface area contributed by atoms with Crippen LogP contribution < -0.4 is 0 Å². The molecule has 0 aromatic heterocycles. The SMILES string of the molecule is Cc1cc(O)c(Br)cc1C(C)(C)CC(=O)O. The van der Waals surface area contributed by atoms with Crippen molar-refractivity contribution in [2.75, 3.05) is 0 Å². The molecule has 0 fully saturated rings. The van der Waals surface area contributed by atoms with E-state index < -0.39 is 11.4 Å². The quantitative estimate of drug-likeness (QED) is 0.897. The maximum absolute atomic E-state index is 10.8. The minimum absolute atomic E-state index is 0.0606. The Labute approximate surface area is 103 Å². The highest BCUT2D eigenvalue weighted by Crippen LogP contribution is 2.35. The predicted octanol–water partition coefficient (Wildman–Crippen LogP) is 3.22. The fourth-order valence-corrected chi connectivity index (χ4v) is 2.21. The number of benzene rings is 1. The van der Waals surface area contributed by atoms with Gasteiger partial charge in [0.2, 0.25) is 0 Å². The zero-order chi connectivity index (χ0) is 12.5. The monoisotopic (exact) mass is 286 g/mol. The van der Waals surface area contributed by atoms with Crippen molar-refractivity contribution in [3.63, 3.8) is 0 Å². The van der Waals surface area contributed by atoms with E-state index in [0.29, 0.717) is 4.47 Å². The average Bonchev–Trinajstić information content (AvgIpc) is 2.08. The molecule has 88 valence electrons. The van der Waals surface area contributed by atoms with Gasteiger partial charge in [0, 0.05) is 5.41 Å². The summed E-state index contributed by atoms with van der Waals surface area (Å²) in [6.45, 7) is 5.63. The molecule has 0 atom stereocenters. The highest BCUT2D eigenvalue weighted by molar-refractivity contribution is 9.10. The Morgan fingerprint density at radius 3 is 2.50 bits per heavy atom. The van der Waals surface area contributed by atoms with Crippen LogP contribution in [0.25, 0.3) is 0 Å². The molecule has 3 nitrogen and oxygen atoms in total. The largest absolute Gasteiger partial charge is 0.507 e. The molecule has 0 aliphatic carbocycles. The highest BCUT2D eigenvalue weighted by Gasteiger charge is 2.26. The van der Waals surface area contributed by atoms with E-state index in [-0.39, 0.29) is 12.2 Å². The molecule has 0 aliphatic rings. The number of phenols is 1. The molecule has 0 heterocycles. The van der Waals surface area contributed by atoms with Crippen molar-refractivity contribution in [3.8, 4) is 5.75 Å². The van der Waals surface area contributed by atoms with Crippen LogP contribution in [0.1, 0.15) is 31.4 Å². The van der Waals surface area contributed by atoms with Gasteiger partial charge in [-0.2, -0.15) is 0 Å². The first-order valence-electron chi connectivity index (χ1n) is 4.95. The minimum Gasteiger partial charge on any atom is -0.507 e. The van der Waals surface area contributed by atoms with Gasteiger partial charge in [-0.3, -0.25) is 4.79 Å². The van der Waals surface area contributed by atoms with Crippen LogP contribution in [0.3, 0.4) is 0 Å². The number of halogens is 1. The van der Waals surface area contributed by atoms with E-state index in [4.69, 9.17) is 5.11 Å². The molecule has 0 radical (unpaired) electrons. The lowest BCUT2D eigenvalue weighted by atomic mass is 9.79. The average molecular weight is 287 g/mol. The summed E-state index contributed by atoms with van der Waals surface area (Å²) in [6.07, 6.45) is 0.0606. The summed E-state index contributed by atoms with van der Waals surface area (Å²) in [5, 5.41) is 18.4. The number of rotatable bonds is 3. The van der Waals surface area contributed by atoms with Crippen molar-refractivity contribution in [2.24, 2.45) is 0 Å². The summed E-state index contributed by atoms with van der Waals surface area (Å²) in [6, 6.07) is 3.43. The third kappa shape index (κ3) is 2.76. The summed E-state index contributed by atoms with van der Waals surface area (Å²) in [7, 11) is 0. The van der Waals surface area contributed by atoms with Gasteiger partial charge in [-0.05, 0) is 46.1 Å². The van der Waals surface area contributed by atoms with Crippen molar-refractivity contribution in [1.29, 1.82) is 0 Å². The molecular weight excluding hydrogens is 272 g/mol. The molecule has 0 saturated carbocycles. The number of carboxylic acid groups (broad SMARTS) is 1. The number of phenolic OH excluding ortho intramolecular Hbond substituents is 1. The van der Waals surface area contributed by atoms with Crippen LogP contribution in [0.15, 0.2) is 16.6 Å². The molecule has 4 heteroatoms. The van der Waals surface area contributed by atoms with Crippen LogP contribution in [-0.2, 0) is 10.2 Å². The number of hydrogen-bond donors (Lipinski definition) is 2. The van der Waals surface area contributed by atoms with Crippen molar-refractivity contribution < 1.29 is 15.0 Å². The molecule has 2 N–H and O–H groups in total. The topological polar surface area (TPSA) is 57.5 Å². The van der Waals surface area contributed by atoms with E-state index in [1.54, 1.807) is 12.1 Å². The molecule has 1 aromatic carbocycles. The van der Waals surface area contributed by atoms with E-state index in [0.717, 1.165) is 11.1 Å². The van der Waals surface area contributed by atoms with E-state index in [9.17, 15) is 9.90 Å². The number of aliphatic carboxylic acids is 1. The lowest BCUT2D eigenvalue weighted by molar-refractivity contribution is -0.138. The minimum atomic E-state index is -0.825. The first-order valence-corrected chi connectivity index (χ1v) is 5.75. The molecule has 1 rings (SSSR count). The smallest absolute Gasteiger partial charge is 0.304 e. The highest BCUT2D eigenvalue weighted by atomic mass is 79.9. The Kier molecular flexibility index (Phi) is 3.63. The molecule has 16 heavy (non-hydrogen) atoms. The van der Waals surface area contributed by atoms with Gasteiger partial charge in [0.05, 0.1) is 10.9 Å². The summed E-state index contributed by atoms with van der Waals surface area (Å²) in [5.41, 5.74) is 1.37. The van der Waals surface area contributed by atoms with Gasteiger partial charge >= 0.3 is 5.97 Å². The van der Waals surface area contributed by atoms with Gasteiger partial charge in [0.25, 0.3) is 0 Å². The fourth-order valence-electron chi connectivity index (χ4n) is 1.87. The first-order chi connectivity index (χ1) is 7.24. The van der Waals surface area contributed by atoms with E-state index in [1.165, 1.54) is 0 Å². The lowest BCUT2D eigenvalue weighted by Crippen LogP contribution is -2.22. The molecule has 1 aromatic rings. The molecule has 0 aliphatic heterocycles. The van der Waals surface area contributed by atoms with Crippen LogP contribution in [0.2, 0.25) is 0 Å². The van der Waals surface area contributed by atoms with Crippen molar-refractivity contribution in [3.05, 3.63) is 27.7 Å². The van der Waals surface area contributed by atoms with Gasteiger partial charge in [-0.25, -0.2) is 0 Å². The Morgan fingerprint density at radius 2 is 2.00 bits per heavy atom. The second-order valence-corrected chi connectivity index (χ2v) is 5.43. The molecule has 0 spiro atoms. The molecule has 0 unspecified atom stereocenters. The van der Waals surface area contributed by atoms with Gasteiger partial charge < -0.3 is 10.2 Å². The zero-order valence-electron chi connectivity index (χ0n) is 9.54. The maximum Gasteiger partial charge on any atom is 0.304 e. The molecule has 0 saturated heterocycles. The normalized spacial score (nSPS) is 11.5. The van der Waals surface area contributed by atoms with Crippen molar-refractivity contribution in [1.82, 2.24) is 0 Å². The summed E-state index contributed by atoms with van der Waals surface area (Å²) in [4.78, 5) is 10.8. The second kappa shape index (κ2) is 4.45. The summed E-state index contributed by atoms with van der Waals surface area (Å²) >= 11 is 3.24. The zero-order valence-corrected chi connectivity index (χ0v) is 11.1. The third-order valence-electron chi connectivity index (χ3n) is 2.62. The fraction of sp³-hybridized carbons (Fsp3) is 0.417. The van der Waals surface area contributed by atoms with Crippen LogP contribution in [0.4, 0.5) is 0 Å². The number of carbonyl (C=O) groups is 1.